The number of nitriles is 1. The van der Waals surface area contributed by atoms with E-state index >= 15 is 0 Å². The van der Waals surface area contributed by atoms with Gasteiger partial charge in [0.05, 0.1) is 18.2 Å². The number of rotatable bonds is 4. The van der Waals surface area contributed by atoms with Crippen molar-refractivity contribution in [2.24, 2.45) is 0 Å². The summed E-state index contributed by atoms with van der Waals surface area (Å²) in [4.78, 5) is 2.11. The van der Waals surface area contributed by atoms with E-state index in [0.717, 1.165) is 5.56 Å². The quantitative estimate of drug-likeness (QED) is 0.867. The Morgan fingerprint density at radius 3 is 2.55 bits per heavy atom. The summed E-state index contributed by atoms with van der Waals surface area (Å²) < 4.78 is 18.7. The Bertz CT molecular complexity index is 697. The minimum absolute atomic E-state index is 0.177. The summed E-state index contributed by atoms with van der Waals surface area (Å²) >= 11 is 0. The molecule has 0 atom stereocenters. The molecule has 1 aromatic heterocycles. The van der Waals surface area contributed by atoms with Gasteiger partial charge in [0.1, 0.15) is 5.82 Å². The lowest BCUT2D eigenvalue weighted by atomic mass is 10.0. The monoisotopic (exact) mass is 302 g/mol. The van der Waals surface area contributed by atoms with E-state index in [1.807, 2.05) is 6.07 Å². The van der Waals surface area contributed by atoms with Crippen LogP contribution in [0.5, 0.6) is 0 Å². The van der Waals surface area contributed by atoms with Crippen molar-refractivity contribution in [2.75, 3.05) is 0 Å². The molecule has 0 spiro atoms. The highest BCUT2D eigenvalue weighted by Crippen LogP contribution is 2.22. The second-order valence-corrected chi connectivity index (χ2v) is 6.15. The van der Waals surface area contributed by atoms with Gasteiger partial charge in [0.2, 0.25) is 11.8 Å². The standard InChI is InChI=1S/C16H19FN4O/c1-11-19-20-15(22-11)10-21(16(2,3)4)9-12-5-6-14(17)7-13(12)8-18/h5-7H,9-10H2,1-4H3. The molecular weight excluding hydrogens is 283 g/mol. The number of benzene rings is 1. The molecule has 0 unspecified atom stereocenters. The lowest BCUT2D eigenvalue weighted by molar-refractivity contribution is 0.106. The molecule has 0 aliphatic rings. The summed E-state index contributed by atoms with van der Waals surface area (Å²) in [5.41, 5.74) is 0.940. The largest absolute Gasteiger partial charge is 0.424 e. The summed E-state index contributed by atoms with van der Waals surface area (Å²) in [7, 11) is 0. The Balaban J connectivity index is 2.26. The molecule has 0 amide bonds. The molecule has 0 saturated heterocycles. The van der Waals surface area contributed by atoms with E-state index in [-0.39, 0.29) is 5.54 Å². The van der Waals surface area contributed by atoms with Gasteiger partial charge in [-0.3, -0.25) is 4.90 Å². The zero-order valence-electron chi connectivity index (χ0n) is 13.2. The lowest BCUT2D eigenvalue weighted by Gasteiger charge is -2.34. The van der Waals surface area contributed by atoms with Crippen LogP contribution >= 0.6 is 0 Å². The van der Waals surface area contributed by atoms with Gasteiger partial charge < -0.3 is 4.42 Å². The van der Waals surface area contributed by atoms with Gasteiger partial charge in [-0.05, 0) is 38.5 Å². The minimum atomic E-state index is -0.407. The van der Waals surface area contributed by atoms with Gasteiger partial charge in [0.15, 0.2) is 0 Å². The maximum atomic E-state index is 13.3. The number of halogens is 1. The van der Waals surface area contributed by atoms with Crippen LogP contribution in [0.15, 0.2) is 22.6 Å². The highest BCUT2D eigenvalue weighted by atomic mass is 19.1. The first kappa shape index (κ1) is 16.1. The Kier molecular flexibility index (Phi) is 4.57. The molecule has 1 heterocycles. The van der Waals surface area contributed by atoms with Gasteiger partial charge in [-0.25, -0.2) is 4.39 Å². The first-order chi connectivity index (χ1) is 10.3. The summed E-state index contributed by atoms with van der Waals surface area (Å²) in [5.74, 6) is 0.631. The van der Waals surface area contributed by atoms with E-state index in [1.54, 1.807) is 13.0 Å². The second kappa shape index (κ2) is 6.24. The molecule has 0 fully saturated rings. The van der Waals surface area contributed by atoms with Crippen LogP contribution in [-0.2, 0) is 13.1 Å². The van der Waals surface area contributed by atoms with Crippen molar-refractivity contribution in [3.8, 4) is 6.07 Å². The van der Waals surface area contributed by atoms with Crippen LogP contribution in [0, 0.1) is 24.1 Å². The number of hydrogen-bond acceptors (Lipinski definition) is 5. The van der Waals surface area contributed by atoms with Gasteiger partial charge in [0.25, 0.3) is 0 Å². The summed E-state index contributed by atoms with van der Waals surface area (Å²) in [6, 6.07) is 6.31. The highest BCUT2D eigenvalue weighted by molar-refractivity contribution is 5.37. The highest BCUT2D eigenvalue weighted by Gasteiger charge is 2.24. The third-order valence-electron chi connectivity index (χ3n) is 3.40. The minimum Gasteiger partial charge on any atom is -0.424 e. The number of nitrogens with zero attached hydrogens (tertiary/aromatic N) is 4. The molecule has 2 aromatic rings. The van der Waals surface area contributed by atoms with Crippen LogP contribution in [0.1, 0.15) is 43.7 Å². The number of hydrogen-bond donors (Lipinski definition) is 0. The first-order valence-corrected chi connectivity index (χ1v) is 7.02. The average Bonchev–Trinajstić information content (AvgIpc) is 2.84. The average molecular weight is 302 g/mol. The third kappa shape index (κ3) is 3.89. The molecular formula is C16H19FN4O. The topological polar surface area (TPSA) is 66.0 Å². The molecule has 6 heteroatoms. The fourth-order valence-electron chi connectivity index (χ4n) is 2.09. The van der Waals surface area contributed by atoms with Gasteiger partial charge in [0, 0.05) is 19.0 Å². The molecule has 0 saturated carbocycles. The van der Waals surface area contributed by atoms with Crippen LogP contribution < -0.4 is 0 Å². The molecule has 0 N–H and O–H groups in total. The Morgan fingerprint density at radius 2 is 2.00 bits per heavy atom. The van der Waals surface area contributed by atoms with Crippen molar-refractivity contribution in [1.29, 1.82) is 5.26 Å². The summed E-state index contributed by atoms with van der Waals surface area (Å²) in [5, 5.41) is 17.0. The van der Waals surface area contributed by atoms with Crippen LogP contribution in [0.3, 0.4) is 0 Å². The van der Waals surface area contributed by atoms with E-state index in [1.165, 1.54) is 12.1 Å². The van der Waals surface area contributed by atoms with E-state index in [4.69, 9.17) is 4.42 Å². The SMILES string of the molecule is Cc1nnc(CN(Cc2ccc(F)cc2C#N)C(C)(C)C)o1. The van der Waals surface area contributed by atoms with E-state index in [9.17, 15) is 9.65 Å². The van der Waals surface area contributed by atoms with E-state index in [0.29, 0.717) is 30.4 Å². The van der Waals surface area contributed by atoms with Crippen molar-refractivity contribution >= 4 is 0 Å². The van der Waals surface area contributed by atoms with Gasteiger partial charge in [-0.15, -0.1) is 10.2 Å². The molecule has 0 radical (unpaired) electrons. The maximum Gasteiger partial charge on any atom is 0.230 e. The van der Waals surface area contributed by atoms with Gasteiger partial charge in [-0.1, -0.05) is 6.07 Å². The van der Waals surface area contributed by atoms with E-state index in [2.05, 4.69) is 35.9 Å². The van der Waals surface area contributed by atoms with Crippen LogP contribution in [0.25, 0.3) is 0 Å². The fraction of sp³-hybridized carbons (Fsp3) is 0.438. The summed E-state index contributed by atoms with van der Waals surface area (Å²) in [6.07, 6.45) is 0. The van der Waals surface area contributed by atoms with Gasteiger partial charge in [-0.2, -0.15) is 5.26 Å². The fourth-order valence-corrected chi connectivity index (χ4v) is 2.09. The van der Waals surface area contributed by atoms with Crippen molar-refractivity contribution in [3.63, 3.8) is 0 Å². The Labute approximate surface area is 129 Å². The van der Waals surface area contributed by atoms with Gasteiger partial charge >= 0.3 is 0 Å². The Hall–Kier alpha value is -2.26. The van der Waals surface area contributed by atoms with Crippen molar-refractivity contribution in [3.05, 3.63) is 46.9 Å². The van der Waals surface area contributed by atoms with Crippen LogP contribution in [0.4, 0.5) is 4.39 Å². The Morgan fingerprint density at radius 1 is 1.27 bits per heavy atom. The maximum absolute atomic E-state index is 13.3. The molecule has 0 bridgehead atoms. The first-order valence-electron chi connectivity index (χ1n) is 7.02. The predicted molar refractivity (Wildman–Crippen MR) is 79.2 cm³/mol. The molecule has 1 aromatic carbocycles. The van der Waals surface area contributed by atoms with Crippen LogP contribution in [0.2, 0.25) is 0 Å². The van der Waals surface area contributed by atoms with Crippen molar-refractivity contribution in [1.82, 2.24) is 15.1 Å². The molecule has 0 aliphatic carbocycles. The zero-order chi connectivity index (χ0) is 16.3. The number of aryl methyl sites for hydroxylation is 1. The molecule has 22 heavy (non-hydrogen) atoms. The lowest BCUT2D eigenvalue weighted by Crippen LogP contribution is -2.40. The molecule has 116 valence electrons. The molecule has 5 nitrogen and oxygen atoms in total. The third-order valence-corrected chi connectivity index (χ3v) is 3.40. The van der Waals surface area contributed by atoms with Crippen molar-refractivity contribution in [2.45, 2.75) is 46.3 Å². The molecule has 0 aliphatic heterocycles. The molecule has 2 rings (SSSR count). The smallest absolute Gasteiger partial charge is 0.230 e. The number of aromatic nitrogens is 2. The van der Waals surface area contributed by atoms with Crippen LogP contribution in [-0.4, -0.2) is 20.6 Å². The predicted octanol–water partition coefficient (Wildman–Crippen LogP) is 3.19. The zero-order valence-corrected chi connectivity index (χ0v) is 13.2. The summed E-state index contributed by atoms with van der Waals surface area (Å²) in [6.45, 7) is 8.88. The second-order valence-electron chi connectivity index (χ2n) is 6.15. The van der Waals surface area contributed by atoms with E-state index < -0.39 is 5.82 Å². The normalized spacial score (nSPS) is 11.7. The van der Waals surface area contributed by atoms with Crippen molar-refractivity contribution < 1.29 is 8.81 Å².